The lowest BCUT2D eigenvalue weighted by molar-refractivity contribution is 0.200. The second-order valence-electron chi connectivity index (χ2n) is 8.12. The second kappa shape index (κ2) is 11.3. The molecule has 0 fully saturated rings. The van der Waals surface area contributed by atoms with Gasteiger partial charge < -0.3 is 0 Å². The fraction of sp³-hybridized carbons (Fsp3) is 0.200. The second-order valence-corrected chi connectivity index (χ2v) is 8.12. The van der Waals surface area contributed by atoms with Gasteiger partial charge in [0.15, 0.2) is 0 Å². The highest BCUT2D eigenvalue weighted by Crippen LogP contribution is 2.26. The summed E-state index contributed by atoms with van der Waals surface area (Å²) in [5, 5.41) is 0. The molecule has 4 aromatic rings. The number of hydrogen-bond donors (Lipinski definition) is 0. The van der Waals surface area contributed by atoms with Gasteiger partial charge in [-0.3, -0.25) is 4.90 Å². The highest BCUT2D eigenvalue weighted by molar-refractivity contribution is 5.25. The normalized spacial score (nSPS) is 12.0. The van der Waals surface area contributed by atoms with Crippen LogP contribution in [0, 0.1) is 0 Å². The van der Waals surface area contributed by atoms with Gasteiger partial charge in [-0.1, -0.05) is 121 Å². The molecule has 0 aromatic heterocycles. The van der Waals surface area contributed by atoms with Crippen molar-refractivity contribution in [3.8, 4) is 0 Å². The van der Waals surface area contributed by atoms with Crippen LogP contribution < -0.4 is 0 Å². The third-order valence-electron chi connectivity index (χ3n) is 5.96. The summed E-state index contributed by atoms with van der Waals surface area (Å²) in [5.74, 6) is 0. The summed E-state index contributed by atoms with van der Waals surface area (Å²) in [6.45, 7) is 2.09. The van der Waals surface area contributed by atoms with E-state index in [4.69, 9.17) is 0 Å². The molecule has 0 saturated carbocycles. The molecule has 4 rings (SSSR count). The van der Waals surface area contributed by atoms with E-state index in [0.29, 0.717) is 6.04 Å². The first-order valence-corrected chi connectivity index (χ1v) is 11.3. The average Bonchev–Trinajstić information content (AvgIpc) is 2.85. The number of rotatable bonds is 10. The molecule has 0 aliphatic rings. The monoisotopic (exact) mass is 405 g/mol. The Morgan fingerprint density at radius 1 is 0.452 bits per heavy atom. The van der Waals surface area contributed by atoms with Gasteiger partial charge in [-0.05, 0) is 41.5 Å². The van der Waals surface area contributed by atoms with E-state index in [0.717, 1.165) is 32.4 Å². The van der Waals surface area contributed by atoms with Gasteiger partial charge >= 0.3 is 0 Å². The molecular formula is C30H31N. The van der Waals surface area contributed by atoms with Crippen molar-refractivity contribution < 1.29 is 0 Å². The van der Waals surface area contributed by atoms with Crippen LogP contribution in [-0.2, 0) is 19.3 Å². The van der Waals surface area contributed by atoms with Crippen LogP contribution in [0.15, 0.2) is 121 Å². The molecule has 0 amide bonds. The molecule has 1 atom stereocenters. The number of nitrogens with zero attached hydrogens (tertiary/aromatic N) is 1. The Labute approximate surface area is 187 Å². The van der Waals surface area contributed by atoms with Gasteiger partial charge in [0.25, 0.3) is 0 Å². The van der Waals surface area contributed by atoms with Gasteiger partial charge in [-0.15, -0.1) is 0 Å². The molecule has 0 heterocycles. The highest BCUT2D eigenvalue weighted by atomic mass is 15.1. The van der Waals surface area contributed by atoms with Crippen LogP contribution in [0.5, 0.6) is 0 Å². The van der Waals surface area contributed by atoms with Gasteiger partial charge in [0, 0.05) is 19.1 Å². The van der Waals surface area contributed by atoms with Crippen LogP contribution in [0.3, 0.4) is 0 Å². The first-order chi connectivity index (χ1) is 15.4. The lowest BCUT2D eigenvalue weighted by atomic mass is 9.96. The summed E-state index contributed by atoms with van der Waals surface area (Å²) >= 11 is 0. The van der Waals surface area contributed by atoms with Gasteiger partial charge in [-0.2, -0.15) is 0 Å². The molecule has 0 aliphatic carbocycles. The Morgan fingerprint density at radius 3 is 1.29 bits per heavy atom. The summed E-state index contributed by atoms with van der Waals surface area (Å²) in [5.41, 5.74) is 5.59. The Kier molecular flexibility index (Phi) is 7.68. The van der Waals surface area contributed by atoms with Crippen LogP contribution in [0.2, 0.25) is 0 Å². The molecule has 31 heavy (non-hydrogen) atoms. The maximum Gasteiger partial charge on any atom is 0.0388 e. The molecule has 0 N–H and O–H groups in total. The molecule has 0 aliphatic heterocycles. The van der Waals surface area contributed by atoms with Crippen molar-refractivity contribution in [1.29, 1.82) is 0 Å². The minimum absolute atomic E-state index is 0.357. The topological polar surface area (TPSA) is 3.24 Å². The largest absolute Gasteiger partial charge is 0.295 e. The van der Waals surface area contributed by atoms with Gasteiger partial charge in [0.2, 0.25) is 0 Å². The van der Waals surface area contributed by atoms with E-state index in [9.17, 15) is 0 Å². The summed E-state index contributed by atoms with van der Waals surface area (Å²) in [7, 11) is 0. The minimum Gasteiger partial charge on any atom is -0.295 e. The zero-order chi connectivity index (χ0) is 21.1. The molecule has 0 radical (unpaired) electrons. The Morgan fingerprint density at radius 2 is 0.839 bits per heavy atom. The summed E-state index contributed by atoms with van der Waals surface area (Å²) in [4.78, 5) is 2.68. The van der Waals surface area contributed by atoms with Gasteiger partial charge in [-0.25, -0.2) is 0 Å². The highest BCUT2D eigenvalue weighted by Gasteiger charge is 2.21. The van der Waals surface area contributed by atoms with Crippen LogP contribution >= 0.6 is 0 Å². The first-order valence-electron chi connectivity index (χ1n) is 11.3. The van der Waals surface area contributed by atoms with Crippen molar-refractivity contribution in [2.75, 3.05) is 13.1 Å². The summed E-state index contributed by atoms with van der Waals surface area (Å²) in [6, 6.07) is 44.0. The fourth-order valence-corrected chi connectivity index (χ4v) is 4.23. The first kappa shape index (κ1) is 21.1. The zero-order valence-electron chi connectivity index (χ0n) is 18.1. The predicted molar refractivity (Wildman–Crippen MR) is 131 cm³/mol. The maximum absolute atomic E-state index is 2.68. The summed E-state index contributed by atoms with van der Waals surface area (Å²) in [6.07, 6.45) is 3.15. The lowest BCUT2D eigenvalue weighted by Gasteiger charge is -2.33. The number of benzene rings is 4. The molecule has 0 unspecified atom stereocenters. The van der Waals surface area contributed by atoms with E-state index < -0.39 is 0 Å². The van der Waals surface area contributed by atoms with Gasteiger partial charge in [0.1, 0.15) is 0 Å². The molecule has 0 saturated heterocycles. The molecule has 0 spiro atoms. The van der Waals surface area contributed by atoms with E-state index >= 15 is 0 Å². The smallest absolute Gasteiger partial charge is 0.0388 e. The average molecular weight is 406 g/mol. The van der Waals surface area contributed by atoms with E-state index in [2.05, 4.69) is 126 Å². The minimum atomic E-state index is 0.357. The van der Waals surface area contributed by atoms with E-state index in [1.54, 1.807) is 0 Å². The van der Waals surface area contributed by atoms with E-state index in [-0.39, 0.29) is 0 Å². The molecule has 4 aromatic carbocycles. The van der Waals surface area contributed by atoms with E-state index in [1.165, 1.54) is 22.3 Å². The van der Waals surface area contributed by atoms with Crippen molar-refractivity contribution in [3.63, 3.8) is 0 Å². The van der Waals surface area contributed by atoms with Crippen LogP contribution in [0.1, 0.15) is 28.3 Å². The van der Waals surface area contributed by atoms with Crippen molar-refractivity contribution in [2.24, 2.45) is 0 Å². The van der Waals surface area contributed by atoms with Crippen LogP contribution in [0.4, 0.5) is 0 Å². The maximum atomic E-state index is 2.68. The zero-order valence-corrected chi connectivity index (χ0v) is 18.1. The van der Waals surface area contributed by atoms with Crippen molar-refractivity contribution in [3.05, 3.63) is 144 Å². The standard InChI is InChI=1S/C30H31N/c1-5-13-26(14-6-1)21-23-31(24-22-27-15-7-2-8-16-27)30(29-19-11-4-12-20-29)25-28-17-9-3-10-18-28/h1-20,30H,21-25H2/t30-/m1/s1. The lowest BCUT2D eigenvalue weighted by Crippen LogP contribution is -2.34. The molecule has 1 heteroatoms. The third-order valence-corrected chi connectivity index (χ3v) is 5.96. The quantitative estimate of drug-likeness (QED) is 0.282. The van der Waals surface area contributed by atoms with Crippen LogP contribution in [-0.4, -0.2) is 18.0 Å². The van der Waals surface area contributed by atoms with E-state index in [1.807, 2.05) is 0 Å². The van der Waals surface area contributed by atoms with Crippen molar-refractivity contribution in [1.82, 2.24) is 4.90 Å². The predicted octanol–water partition coefficient (Wildman–Crippen LogP) is 6.76. The van der Waals surface area contributed by atoms with Crippen molar-refractivity contribution >= 4 is 0 Å². The Balaban J connectivity index is 1.58. The van der Waals surface area contributed by atoms with Crippen molar-refractivity contribution in [2.45, 2.75) is 25.3 Å². The SMILES string of the molecule is c1ccc(CCN(CCc2ccccc2)[C@H](Cc2ccccc2)c2ccccc2)cc1. The Hall–Kier alpha value is -3.16. The molecule has 0 bridgehead atoms. The summed E-state index contributed by atoms with van der Waals surface area (Å²) < 4.78 is 0. The third kappa shape index (κ3) is 6.41. The van der Waals surface area contributed by atoms with Gasteiger partial charge in [0.05, 0.1) is 0 Å². The van der Waals surface area contributed by atoms with Crippen LogP contribution in [0.25, 0.3) is 0 Å². The Bertz CT molecular complexity index is 954. The molecular weight excluding hydrogens is 374 g/mol. The number of hydrogen-bond acceptors (Lipinski definition) is 1. The molecule has 1 nitrogen and oxygen atoms in total. The molecule has 156 valence electrons. The fourth-order valence-electron chi connectivity index (χ4n) is 4.23.